The van der Waals surface area contributed by atoms with Crippen LogP contribution in [0, 0.1) is 0 Å². The van der Waals surface area contributed by atoms with Gasteiger partial charge in [0.25, 0.3) is 5.91 Å². The summed E-state index contributed by atoms with van der Waals surface area (Å²) in [5, 5.41) is 6.31. The van der Waals surface area contributed by atoms with E-state index in [-0.39, 0.29) is 11.5 Å². The Hall–Kier alpha value is -4.27. The molecule has 0 atom stereocenters. The monoisotopic (exact) mass is 424 g/mol. The summed E-state index contributed by atoms with van der Waals surface area (Å²) in [6, 6.07) is 13.6. The van der Waals surface area contributed by atoms with Gasteiger partial charge in [0, 0.05) is 17.1 Å². The van der Waals surface area contributed by atoms with Crippen LogP contribution in [-0.2, 0) is 19.1 Å². The van der Waals surface area contributed by atoms with E-state index in [1.54, 1.807) is 30.3 Å². The number of rotatable bonds is 7. The molecule has 0 fully saturated rings. The number of benzene rings is 2. The molecule has 9 nitrogen and oxygen atoms in total. The van der Waals surface area contributed by atoms with Crippen LogP contribution in [0.25, 0.3) is 11.0 Å². The molecule has 3 rings (SSSR count). The van der Waals surface area contributed by atoms with Crippen LogP contribution in [0.4, 0.5) is 11.4 Å². The maximum Gasteiger partial charge on any atom is 0.354 e. The molecule has 9 heteroatoms. The number of esters is 2. The predicted molar refractivity (Wildman–Crippen MR) is 113 cm³/mol. The summed E-state index contributed by atoms with van der Waals surface area (Å²) in [6.07, 6.45) is 0.968. The maximum absolute atomic E-state index is 12.6. The van der Waals surface area contributed by atoms with Crippen LogP contribution in [-0.4, -0.2) is 39.2 Å². The van der Waals surface area contributed by atoms with E-state index < -0.39 is 17.8 Å². The largest absolute Gasteiger partial charge is 0.494 e. The second-order valence-electron chi connectivity index (χ2n) is 6.22. The molecule has 0 spiro atoms. The highest BCUT2D eigenvalue weighted by Gasteiger charge is 2.17. The van der Waals surface area contributed by atoms with Gasteiger partial charge in [0.15, 0.2) is 5.76 Å². The van der Waals surface area contributed by atoms with Gasteiger partial charge < -0.3 is 29.3 Å². The Labute approximate surface area is 177 Å². The average Bonchev–Trinajstić information content (AvgIpc) is 3.23. The minimum atomic E-state index is -0.758. The fourth-order valence-corrected chi connectivity index (χ4v) is 2.74. The summed E-state index contributed by atoms with van der Waals surface area (Å²) in [5.41, 5.74) is 1.27. The number of furan rings is 1. The van der Waals surface area contributed by atoms with Crippen molar-refractivity contribution >= 4 is 40.2 Å². The van der Waals surface area contributed by atoms with Crippen molar-refractivity contribution in [2.75, 3.05) is 32.0 Å². The molecule has 1 amide bonds. The molecule has 1 heterocycles. The fourth-order valence-electron chi connectivity index (χ4n) is 2.74. The number of carbonyl (C=O) groups is 3. The molecule has 1 aromatic heterocycles. The van der Waals surface area contributed by atoms with Crippen molar-refractivity contribution in [1.29, 1.82) is 0 Å². The fraction of sp³-hybridized carbons (Fsp3) is 0.136. The van der Waals surface area contributed by atoms with Crippen LogP contribution in [0.3, 0.4) is 0 Å². The molecule has 2 N–H and O–H groups in total. The van der Waals surface area contributed by atoms with E-state index in [0.29, 0.717) is 22.7 Å². The molecule has 0 aliphatic carbocycles. The zero-order valence-corrected chi connectivity index (χ0v) is 17.1. The molecule has 31 heavy (non-hydrogen) atoms. The van der Waals surface area contributed by atoms with Gasteiger partial charge in [-0.05, 0) is 24.3 Å². The van der Waals surface area contributed by atoms with Crippen LogP contribution in [0.5, 0.6) is 5.75 Å². The number of hydrogen-bond donors (Lipinski definition) is 2. The van der Waals surface area contributed by atoms with Crippen molar-refractivity contribution in [3.63, 3.8) is 0 Å². The summed E-state index contributed by atoms with van der Waals surface area (Å²) in [4.78, 5) is 36.0. The lowest BCUT2D eigenvalue weighted by molar-refractivity contribution is -0.138. The summed E-state index contributed by atoms with van der Waals surface area (Å²) in [7, 11) is 3.81. The van der Waals surface area contributed by atoms with Crippen LogP contribution >= 0.6 is 0 Å². The molecular formula is C22H20N2O7. The highest BCUT2D eigenvalue weighted by atomic mass is 16.5. The molecule has 0 saturated heterocycles. The van der Waals surface area contributed by atoms with Gasteiger partial charge in [0.1, 0.15) is 17.0 Å². The van der Waals surface area contributed by atoms with E-state index in [2.05, 4.69) is 20.1 Å². The summed E-state index contributed by atoms with van der Waals surface area (Å²) in [5.74, 6) is -1.46. The van der Waals surface area contributed by atoms with E-state index >= 15 is 0 Å². The van der Waals surface area contributed by atoms with Gasteiger partial charge in [-0.2, -0.15) is 0 Å². The Kier molecular flexibility index (Phi) is 6.56. The topological polar surface area (TPSA) is 116 Å². The first-order chi connectivity index (χ1) is 14.9. The van der Waals surface area contributed by atoms with Gasteiger partial charge in [0.2, 0.25) is 0 Å². The lowest BCUT2D eigenvalue weighted by atomic mass is 10.2. The molecule has 0 aliphatic heterocycles. The predicted octanol–water partition coefficient (Wildman–Crippen LogP) is 3.34. The lowest BCUT2D eigenvalue weighted by Crippen LogP contribution is -2.16. The molecule has 3 aromatic rings. The molecular weight excluding hydrogens is 404 g/mol. The highest BCUT2D eigenvalue weighted by Crippen LogP contribution is 2.30. The van der Waals surface area contributed by atoms with Gasteiger partial charge in [-0.25, -0.2) is 9.59 Å². The number of methoxy groups -OCH3 is 3. The molecule has 0 unspecified atom stereocenters. The summed E-state index contributed by atoms with van der Waals surface area (Å²) >= 11 is 0. The Morgan fingerprint density at radius 2 is 1.71 bits per heavy atom. The van der Waals surface area contributed by atoms with Gasteiger partial charge in [0.05, 0.1) is 33.1 Å². The number of para-hydroxylation sites is 1. The van der Waals surface area contributed by atoms with E-state index in [1.807, 2.05) is 18.2 Å². The minimum absolute atomic E-state index is 0.129. The number of anilines is 2. The van der Waals surface area contributed by atoms with E-state index in [1.165, 1.54) is 21.3 Å². The lowest BCUT2D eigenvalue weighted by Gasteiger charge is -2.13. The smallest absolute Gasteiger partial charge is 0.354 e. The Morgan fingerprint density at radius 3 is 2.39 bits per heavy atom. The van der Waals surface area contributed by atoms with Crippen molar-refractivity contribution in [3.05, 3.63) is 66.1 Å². The van der Waals surface area contributed by atoms with Crippen molar-refractivity contribution in [2.45, 2.75) is 0 Å². The first kappa shape index (κ1) is 21.4. The molecule has 0 saturated carbocycles. The van der Waals surface area contributed by atoms with Gasteiger partial charge in [-0.15, -0.1) is 0 Å². The van der Waals surface area contributed by atoms with Crippen LogP contribution in [0.1, 0.15) is 10.6 Å². The second-order valence-corrected chi connectivity index (χ2v) is 6.22. The van der Waals surface area contributed by atoms with Crippen LogP contribution in [0.15, 0.2) is 64.7 Å². The van der Waals surface area contributed by atoms with Crippen molar-refractivity contribution in [1.82, 2.24) is 0 Å². The van der Waals surface area contributed by atoms with Crippen molar-refractivity contribution in [2.24, 2.45) is 0 Å². The molecule has 0 bridgehead atoms. The Bertz CT molecular complexity index is 1130. The van der Waals surface area contributed by atoms with Gasteiger partial charge in [-0.3, -0.25) is 4.79 Å². The zero-order valence-electron chi connectivity index (χ0n) is 17.1. The molecule has 2 aromatic carbocycles. The van der Waals surface area contributed by atoms with E-state index in [9.17, 15) is 14.4 Å². The normalized spacial score (nSPS) is 11.0. The summed E-state index contributed by atoms with van der Waals surface area (Å²) in [6.45, 7) is 0. The number of nitrogens with one attached hydrogen (secondary N) is 2. The molecule has 0 radical (unpaired) electrons. The third kappa shape index (κ3) is 5.02. The highest BCUT2D eigenvalue weighted by molar-refractivity contribution is 6.05. The number of ether oxygens (including phenoxy) is 3. The van der Waals surface area contributed by atoms with Crippen LogP contribution < -0.4 is 15.4 Å². The third-order valence-electron chi connectivity index (χ3n) is 4.25. The van der Waals surface area contributed by atoms with Crippen molar-refractivity contribution in [3.8, 4) is 5.75 Å². The van der Waals surface area contributed by atoms with Gasteiger partial charge >= 0.3 is 11.9 Å². The first-order valence-electron chi connectivity index (χ1n) is 9.08. The third-order valence-corrected chi connectivity index (χ3v) is 4.25. The second kappa shape index (κ2) is 9.49. The Morgan fingerprint density at radius 1 is 0.935 bits per heavy atom. The maximum atomic E-state index is 12.6. The minimum Gasteiger partial charge on any atom is -0.494 e. The number of carbonyl (C=O) groups excluding carboxylic acids is 3. The zero-order chi connectivity index (χ0) is 22.4. The Balaban J connectivity index is 1.81. The summed E-state index contributed by atoms with van der Waals surface area (Å²) < 4.78 is 20.1. The SMILES string of the molecule is COC(=O)/C=C(/Nc1ccc(NC(=O)c2cc3ccccc3o2)c(OC)c1)C(=O)OC. The number of fused-ring (bicyclic) bond motifs is 1. The van der Waals surface area contributed by atoms with E-state index in [4.69, 9.17) is 9.15 Å². The number of amides is 1. The van der Waals surface area contributed by atoms with Crippen molar-refractivity contribution < 1.29 is 33.0 Å². The van der Waals surface area contributed by atoms with Crippen LogP contribution in [0.2, 0.25) is 0 Å². The standard InChI is InChI=1S/C22H20N2O7/c1-28-18-11-14(23-16(22(27)30-3)12-20(25)29-2)8-9-15(18)24-21(26)19-10-13-6-4-5-7-17(13)31-19/h4-12,23H,1-3H3,(H,24,26)/b16-12+. The molecule has 0 aliphatic rings. The number of hydrogen-bond acceptors (Lipinski definition) is 8. The quantitative estimate of drug-likeness (QED) is 0.438. The average molecular weight is 424 g/mol. The molecule has 160 valence electrons. The first-order valence-corrected chi connectivity index (χ1v) is 9.08. The van der Waals surface area contributed by atoms with Gasteiger partial charge in [-0.1, -0.05) is 18.2 Å². The van der Waals surface area contributed by atoms with E-state index in [0.717, 1.165) is 11.5 Å².